The summed E-state index contributed by atoms with van der Waals surface area (Å²) in [6, 6.07) is 4.04. The molecule has 0 bridgehead atoms. The van der Waals surface area contributed by atoms with Crippen molar-refractivity contribution >= 4 is 37.8 Å². The van der Waals surface area contributed by atoms with Gasteiger partial charge in [-0.2, -0.15) is 0 Å². The number of benzene rings is 1. The standard InChI is InChI=1S/C12H14Br2FNO/c1-8(4-5-13)7-16-12(17)10-3-2-9(15)6-11(10)14/h2-3,6,8H,4-5,7H2,1H3,(H,16,17). The van der Waals surface area contributed by atoms with Crippen molar-refractivity contribution in [1.82, 2.24) is 5.32 Å². The van der Waals surface area contributed by atoms with Gasteiger partial charge in [0.05, 0.1) is 5.56 Å². The molecule has 0 aromatic heterocycles. The third-order valence-corrected chi connectivity index (χ3v) is 3.50. The third kappa shape index (κ3) is 4.76. The minimum absolute atomic E-state index is 0.182. The lowest BCUT2D eigenvalue weighted by Crippen LogP contribution is -2.28. The highest BCUT2D eigenvalue weighted by Crippen LogP contribution is 2.18. The lowest BCUT2D eigenvalue weighted by atomic mass is 10.1. The minimum Gasteiger partial charge on any atom is -0.352 e. The molecular weight excluding hydrogens is 353 g/mol. The fourth-order valence-corrected chi connectivity index (χ4v) is 2.64. The van der Waals surface area contributed by atoms with Crippen molar-refractivity contribution in [2.45, 2.75) is 13.3 Å². The van der Waals surface area contributed by atoms with E-state index < -0.39 is 0 Å². The summed E-state index contributed by atoms with van der Waals surface area (Å²) in [5.74, 6) is -0.128. The molecule has 0 spiro atoms. The maximum absolute atomic E-state index is 12.9. The molecule has 0 aliphatic carbocycles. The van der Waals surface area contributed by atoms with Crippen molar-refractivity contribution < 1.29 is 9.18 Å². The van der Waals surface area contributed by atoms with Gasteiger partial charge in [0.1, 0.15) is 5.82 Å². The van der Waals surface area contributed by atoms with Crippen LogP contribution in [0.3, 0.4) is 0 Å². The highest BCUT2D eigenvalue weighted by molar-refractivity contribution is 9.10. The second-order valence-corrected chi connectivity index (χ2v) is 5.56. The van der Waals surface area contributed by atoms with Gasteiger partial charge in [-0.05, 0) is 46.5 Å². The molecule has 0 saturated carbocycles. The van der Waals surface area contributed by atoms with Crippen LogP contribution in [0.1, 0.15) is 23.7 Å². The fraction of sp³-hybridized carbons (Fsp3) is 0.417. The third-order valence-electron chi connectivity index (χ3n) is 2.39. The highest BCUT2D eigenvalue weighted by Gasteiger charge is 2.11. The Morgan fingerprint density at radius 2 is 2.24 bits per heavy atom. The summed E-state index contributed by atoms with van der Waals surface area (Å²) in [6.07, 6.45) is 1.00. The molecule has 1 atom stereocenters. The van der Waals surface area contributed by atoms with Crippen LogP contribution >= 0.6 is 31.9 Å². The first-order valence-electron chi connectivity index (χ1n) is 5.33. The van der Waals surface area contributed by atoms with E-state index in [-0.39, 0.29) is 11.7 Å². The fourth-order valence-electron chi connectivity index (χ4n) is 1.32. The van der Waals surface area contributed by atoms with Crippen LogP contribution in [-0.4, -0.2) is 17.8 Å². The minimum atomic E-state index is -0.360. The second kappa shape index (κ2) is 7.11. The summed E-state index contributed by atoms with van der Waals surface area (Å²) in [4.78, 5) is 11.8. The smallest absolute Gasteiger partial charge is 0.252 e. The number of rotatable bonds is 5. The zero-order chi connectivity index (χ0) is 12.8. The molecule has 1 N–H and O–H groups in total. The first kappa shape index (κ1) is 14.6. The van der Waals surface area contributed by atoms with Gasteiger partial charge in [-0.1, -0.05) is 22.9 Å². The zero-order valence-corrected chi connectivity index (χ0v) is 12.6. The average molecular weight is 367 g/mol. The molecule has 1 aromatic carbocycles. The van der Waals surface area contributed by atoms with Crippen LogP contribution in [-0.2, 0) is 0 Å². The average Bonchev–Trinajstić information content (AvgIpc) is 2.26. The molecular formula is C12H14Br2FNO. The Labute approximate surface area is 117 Å². The van der Waals surface area contributed by atoms with Crippen molar-refractivity contribution in [2.75, 3.05) is 11.9 Å². The van der Waals surface area contributed by atoms with E-state index in [0.29, 0.717) is 22.5 Å². The highest BCUT2D eigenvalue weighted by atomic mass is 79.9. The molecule has 0 radical (unpaired) electrons. The Bertz CT molecular complexity index is 398. The van der Waals surface area contributed by atoms with Crippen LogP contribution in [0.15, 0.2) is 22.7 Å². The van der Waals surface area contributed by atoms with Gasteiger partial charge >= 0.3 is 0 Å². The van der Waals surface area contributed by atoms with E-state index >= 15 is 0 Å². The summed E-state index contributed by atoms with van der Waals surface area (Å²) in [6.45, 7) is 2.69. The van der Waals surface area contributed by atoms with Gasteiger partial charge in [-0.3, -0.25) is 4.79 Å². The Kier molecular flexibility index (Phi) is 6.12. The van der Waals surface area contributed by atoms with Crippen molar-refractivity contribution in [3.05, 3.63) is 34.1 Å². The monoisotopic (exact) mass is 365 g/mol. The molecule has 94 valence electrons. The van der Waals surface area contributed by atoms with Crippen LogP contribution in [0.5, 0.6) is 0 Å². The topological polar surface area (TPSA) is 29.1 Å². The quantitative estimate of drug-likeness (QED) is 0.790. The second-order valence-electron chi connectivity index (χ2n) is 3.92. The number of alkyl halides is 1. The summed E-state index contributed by atoms with van der Waals surface area (Å²) in [5, 5.41) is 3.75. The van der Waals surface area contributed by atoms with Crippen LogP contribution in [0.2, 0.25) is 0 Å². The zero-order valence-electron chi connectivity index (χ0n) is 9.47. The Morgan fingerprint density at radius 3 is 2.82 bits per heavy atom. The largest absolute Gasteiger partial charge is 0.352 e. The number of carbonyl (C=O) groups excluding carboxylic acids is 1. The normalized spacial score (nSPS) is 12.2. The molecule has 1 rings (SSSR count). The Morgan fingerprint density at radius 1 is 1.53 bits per heavy atom. The van der Waals surface area contributed by atoms with Crippen LogP contribution < -0.4 is 5.32 Å². The molecule has 0 fully saturated rings. The molecule has 0 aliphatic rings. The predicted molar refractivity (Wildman–Crippen MR) is 74.0 cm³/mol. The van der Waals surface area contributed by atoms with Gasteiger partial charge in [0, 0.05) is 16.3 Å². The van der Waals surface area contributed by atoms with E-state index in [9.17, 15) is 9.18 Å². The number of hydrogen-bond donors (Lipinski definition) is 1. The Balaban J connectivity index is 2.58. The van der Waals surface area contributed by atoms with Gasteiger partial charge < -0.3 is 5.32 Å². The van der Waals surface area contributed by atoms with Crippen molar-refractivity contribution in [3.8, 4) is 0 Å². The SMILES string of the molecule is CC(CCBr)CNC(=O)c1ccc(F)cc1Br. The maximum atomic E-state index is 12.9. The van der Waals surface area contributed by atoms with Gasteiger partial charge in [-0.25, -0.2) is 4.39 Å². The van der Waals surface area contributed by atoms with Crippen LogP contribution in [0.4, 0.5) is 4.39 Å². The summed E-state index contributed by atoms with van der Waals surface area (Å²) < 4.78 is 13.3. The van der Waals surface area contributed by atoms with Gasteiger partial charge in [-0.15, -0.1) is 0 Å². The van der Waals surface area contributed by atoms with E-state index in [1.54, 1.807) is 0 Å². The van der Waals surface area contributed by atoms with E-state index in [2.05, 4.69) is 44.1 Å². The first-order valence-corrected chi connectivity index (χ1v) is 7.25. The molecule has 1 unspecified atom stereocenters. The first-order chi connectivity index (χ1) is 8.04. The Hall–Kier alpha value is -0.420. The molecule has 0 heterocycles. The lowest BCUT2D eigenvalue weighted by molar-refractivity contribution is 0.0947. The van der Waals surface area contributed by atoms with Gasteiger partial charge in [0.2, 0.25) is 0 Å². The van der Waals surface area contributed by atoms with E-state index in [0.717, 1.165) is 11.8 Å². The molecule has 2 nitrogen and oxygen atoms in total. The number of hydrogen-bond acceptors (Lipinski definition) is 1. The van der Waals surface area contributed by atoms with Crippen LogP contribution in [0.25, 0.3) is 0 Å². The van der Waals surface area contributed by atoms with E-state index in [1.165, 1.54) is 18.2 Å². The number of carbonyl (C=O) groups is 1. The van der Waals surface area contributed by atoms with Crippen molar-refractivity contribution in [1.29, 1.82) is 0 Å². The van der Waals surface area contributed by atoms with E-state index in [4.69, 9.17) is 0 Å². The van der Waals surface area contributed by atoms with Gasteiger partial charge in [0.25, 0.3) is 5.91 Å². The molecule has 5 heteroatoms. The number of halogens is 3. The summed E-state index contributed by atoms with van der Waals surface area (Å²) >= 11 is 6.54. The predicted octanol–water partition coefficient (Wildman–Crippen LogP) is 3.74. The number of amides is 1. The molecule has 0 aliphatic heterocycles. The molecule has 0 saturated heterocycles. The summed E-state index contributed by atoms with van der Waals surface area (Å²) in [7, 11) is 0. The van der Waals surface area contributed by atoms with Gasteiger partial charge in [0.15, 0.2) is 0 Å². The van der Waals surface area contributed by atoms with E-state index in [1.807, 2.05) is 0 Å². The van der Waals surface area contributed by atoms with Crippen LogP contribution in [0, 0.1) is 11.7 Å². The maximum Gasteiger partial charge on any atom is 0.252 e. The molecule has 1 amide bonds. The number of nitrogens with one attached hydrogen (secondary N) is 1. The molecule has 17 heavy (non-hydrogen) atoms. The molecule has 1 aromatic rings. The summed E-state index contributed by atoms with van der Waals surface area (Å²) in [5.41, 5.74) is 0.456. The van der Waals surface area contributed by atoms with Crippen molar-refractivity contribution in [2.24, 2.45) is 5.92 Å². The van der Waals surface area contributed by atoms with Crippen molar-refractivity contribution in [3.63, 3.8) is 0 Å². The lowest BCUT2D eigenvalue weighted by Gasteiger charge is -2.11.